The fourth-order valence-corrected chi connectivity index (χ4v) is 2.71. The number of nitrogens with one attached hydrogen (secondary N) is 2. The minimum absolute atomic E-state index is 0.0238. The minimum atomic E-state index is -0.0238. The van der Waals surface area contributed by atoms with E-state index < -0.39 is 0 Å². The summed E-state index contributed by atoms with van der Waals surface area (Å²) in [6, 6.07) is 7.50. The van der Waals surface area contributed by atoms with Gasteiger partial charge in [0.25, 0.3) is 0 Å². The van der Waals surface area contributed by atoms with E-state index in [1.54, 1.807) is 0 Å². The molecule has 0 bridgehead atoms. The smallest absolute Gasteiger partial charge is 0.238 e. The number of rotatable bonds is 8. The second-order valence-corrected chi connectivity index (χ2v) is 6.28. The Morgan fingerprint density at radius 2 is 2.17 bits per heavy atom. The van der Waals surface area contributed by atoms with Crippen LogP contribution in [-0.2, 0) is 4.79 Å². The van der Waals surface area contributed by atoms with Crippen LogP contribution in [0.5, 0.6) is 5.75 Å². The molecule has 4 heteroatoms. The van der Waals surface area contributed by atoms with Crippen LogP contribution in [0, 0.1) is 0 Å². The molecule has 0 aliphatic heterocycles. The Morgan fingerprint density at radius 3 is 2.91 bits per heavy atom. The number of amides is 1. The molecule has 0 saturated carbocycles. The van der Waals surface area contributed by atoms with E-state index in [-0.39, 0.29) is 12.0 Å². The third kappa shape index (κ3) is 6.87. The summed E-state index contributed by atoms with van der Waals surface area (Å²) in [5.74, 6) is 0.749. The number of anilines is 1. The molecule has 1 amide bonds. The maximum atomic E-state index is 12.0. The van der Waals surface area contributed by atoms with Crippen molar-refractivity contribution in [1.82, 2.24) is 5.32 Å². The number of allylic oxidation sites excluding steroid dienone is 1. The van der Waals surface area contributed by atoms with Crippen LogP contribution in [0.15, 0.2) is 35.9 Å². The monoisotopic (exact) mass is 316 g/mol. The highest BCUT2D eigenvalue weighted by Gasteiger charge is 2.06. The van der Waals surface area contributed by atoms with Gasteiger partial charge in [0.1, 0.15) is 5.75 Å². The highest BCUT2D eigenvalue weighted by atomic mass is 16.5. The fourth-order valence-electron chi connectivity index (χ4n) is 2.71. The van der Waals surface area contributed by atoms with Crippen molar-refractivity contribution in [3.63, 3.8) is 0 Å². The molecule has 2 N–H and O–H groups in total. The Morgan fingerprint density at radius 1 is 1.30 bits per heavy atom. The zero-order chi connectivity index (χ0) is 16.5. The van der Waals surface area contributed by atoms with Gasteiger partial charge in [0.15, 0.2) is 0 Å². The first-order valence-electron chi connectivity index (χ1n) is 8.58. The topological polar surface area (TPSA) is 50.4 Å². The van der Waals surface area contributed by atoms with Gasteiger partial charge in [-0.3, -0.25) is 4.79 Å². The molecule has 23 heavy (non-hydrogen) atoms. The lowest BCUT2D eigenvalue weighted by Gasteiger charge is -2.13. The molecule has 0 aromatic heterocycles. The molecule has 2 rings (SSSR count). The number of hydrogen-bond acceptors (Lipinski definition) is 3. The van der Waals surface area contributed by atoms with Crippen LogP contribution in [-0.4, -0.2) is 25.1 Å². The number of hydrogen-bond donors (Lipinski definition) is 2. The lowest BCUT2D eigenvalue weighted by molar-refractivity contribution is -0.115. The van der Waals surface area contributed by atoms with E-state index in [9.17, 15) is 4.79 Å². The van der Waals surface area contributed by atoms with Crippen LogP contribution < -0.4 is 15.4 Å². The van der Waals surface area contributed by atoms with Crippen molar-refractivity contribution in [3.8, 4) is 5.75 Å². The average Bonchev–Trinajstić information content (AvgIpc) is 2.52. The normalized spacial score (nSPS) is 14.5. The van der Waals surface area contributed by atoms with Crippen molar-refractivity contribution in [1.29, 1.82) is 0 Å². The zero-order valence-electron chi connectivity index (χ0n) is 14.2. The second-order valence-electron chi connectivity index (χ2n) is 6.28. The van der Waals surface area contributed by atoms with Crippen LogP contribution >= 0.6 is 0 Å². The van der Waals surface area contributed by atoms with E-state index in [1.807, 2.05) is 38.1 Å². The van der Waals surface area contributed by atoms with Gasteiger partial charge in [-0.2, -0.15) is 0 Å². The molecule has 0 saturated heterocycles. The Bertz CT molecular complexity index is 538. The van der Waals surface area contributed by atoms with Gasteiger partial charge in [0, 0.05) is 11.8 Å². The van der Waals surface area contributed by atoms with Gasteiger partial charge in [-0.15, -0.1) is 0 Å². The lowest BCUT2D eigenvalue weighted by atomic mass is 9.97. The van der Waals surface area contributed by atoms with Crippen LogP contribution in [0.3, 0.4) is 0 Å². The Kier molecular flexibility index (Phi) is 7.14. The summed E-state index contributed by atoms with van der Waals surface area (Å²) in [6.07, 6.45) is 8.58. The standard InChI is InChI=1S/C19H28N2O2/c1-15(2)23-18-10-6-9-17(13-18)21-19(22)14-20-12-11-16-7-4-3-5-8-16/h6-7,9-10,13,15,20H,3-5,8,11-12,14H2,1-2H3,(H,21,22). The first kappa shape index (κ1) is 17.5. The lowest BCUT2D eigenvalue weighted by Crippen LogP contribution is -2.29. The second kappa shape index (κ2) is 9.36. The predicted molar refractivity (Wildman–Crippen MR) is 94.9 cm³/mol. The van der Waals surface area contributed by atoms with Gasteiger partial charge in [-0.05, 0) is 64.6 Å². The molecule has 0 unspecified atom stereocenters. The summed E-state index contributed by atoms with van der Waals surface area (Å²) in [4.78, 5) is 12.0. The average molecular weight is 316 g/mol. The molecule has 126 valence electrons. The van der Waals surface area contributed by atoms with Crippen LogP contribution in [0.25, 0.3) is 0 Å². The Balaban J connectivity index is 1.69. The molecule has 1 aliphatic carbocycles. The molecule has 4 nitrogen and oxygen atoms in total. The summed E-state index contributed by atoms with van der Waals surface area (Å²) in [5, 5.41) is 6.11. The van der Waals surface area contributed by atoms with Crippen molar-refractivity contribution < 1.29 is 9.53 Å². The molecule has 0 heterocycles. The van der Waals surface area contributed by atoms with Gasteiger partial charge in [0.2, 0.25) is 5.91 Å². The molecular weight excluding hydrogens is 288 g/mol. The highest BCUT2D eigenvalue weighted by Crippen LogP contribution is 2.19. The molecule has 0 atom stereocenters. The predicted octanol–water partition coefficient (Wildman–Crippen LogP) is 3.89. The number of benzene rings is 1. The van der Waals surface area contributed by atoms with E-state index in [0.717, 1.165) is 24.4 Å². The van der Waals surface area contributed by atoms with E-state index >= 15 is 0 Å². The minimum Gasteiger partial charge on any atom is -0.491 e. The van der Waals surface area contributed by atoms with Crippen molar-refractivity contribution in [2.75, 3.05) is 18.4 Å². The van der Waals surface area contributed by atoms with Gasteiger partial charge >= 0.3 is 0 Å². The Hall–Kier alpha value is -1.81. The van der Waals surface area contributed by atoms with Crippen LogP contribution in [0.1, 0.15) is 46.0 Å². The summed E-state index contributed by atoms with van der Waals surface area (Å²) in [5.41, 5.74) is 2.30. The zero-order valence-corrected chi connectivity index (χ0v) is 14.2. The van der Waals surface area contributed by atoms with Crippen LogP contribution in [0.4, 0.5) is 5.69 Å². The van der Waals surface area contributed by atoms with E-state index in [1.165, 1.54) is 31.3 Å². The van der Waals surface area contributed by atoms with Crippen molar-refractivity contribution >= 4 is 11.6 Å². The first-order chi connectivity index (χ1) is 11.1. The highest BCUT2D eigenvalue weighted by molar-refractivity contribution is 5.92. The number of carbonyl (C=O) groups excluding carboxylic acids is 1. The van der Waals surface area contributed by atoms with Crippen molar-refractivity contribution in [3.05, 3.63) is 35.9 Å². The maximum Gasteiger partial charge on any atom is 0.238 e. The molecular formula is C19H28N2O2. The third-order valence-electron chi connectivity index (χ3n) is 3.78. The molecule has 1 aliphatic rings. The molecule has 0 spiro atoms. The molecule has 1 aromatic rings. The first-order valence-corrected chi connectivity index (χ1v) is 8.58. The van der Waals surface area contributed by atoms with Gasteiger partial charge < -0.3 is 15.4 Å². The molecule has 1 aromatic carbocycles. The molecule has 0 radical (unpaired) electrons. The Labute approximate surface area is 139 Å². The molecule has 0 fully saturated rings. The van der Waals surface area contributed by atoms with Crippen molar-refractivity contribution in [2.45, 2.75) is 52.1 Å². The van der Waals surface area contributed by atoms with Gasteiger partial charge in [-0.25, -0.2) is 0 Å². The largest absolute Gasteiger partial charge is 0.491 e. The summed E-state index contributed by atoms with van der Waals surface area (Å²) < 4.78 is 5.63. The van der Waals surface area contributed by atoms with Gasteiger partial charge in [-0.1, -0.05) is 17.7 Å². The SMILES string of the molecule is CC(C)Oc1cccc(NC(=O)CNCCC2=CCCCC2)c1. The van der Waals surface area contributed by atoms with Gasteiger partial charge in [0.05, 0.1) is 12.6 Å². The summed E-state index contributed by atoms with van der Waals surface area (Å²) in [7, 11) is 0. The number of carbonyl (C=O) groups is 1. The fraction of sp³-hybridized carbons (Fsp3) is 0.526. The maximum absolute atomic E-state index is 12.0. The third-order valence-corrected chi connectivity index (χ3v) is 3.78. The van der Waals surface area contributed by atoms with E-state index in [0.29, 0.717) is 6.54 Å². The van der Waals surface area contributed by atoms with E-state index in [4.69, 9.17) is 4.74 Å². The quantitative estimate of drug-likeness (QED) is 0.565. The van der Waals surface area contributed by atoms with Crippen molar-refractivity contribution in [2.24, 2.45) is 0 Å². The van der Waals surface area contributed by atoms with E-state index in [2.05, 4.69) is 16.7 Å². The summed E-state index contributed by atoms with van der Waals surface area (Å²) in [6.45, 7) is 5.16. The summed E-state index contributed by atoms with van der Waals surface area (Å²) >= 11 is 0. The number of ether oxygens (including phenoxy) is 1. The van der Waals surface area contributed by atoms with Crippen LogP contribution in [0.2, 0.25) is 0 Å².